The third-order valence-corrected chi connectivity index (χ3v) is 4.38. The van der Waals surface area contributed by atoms with E-state index in [-0.39, 0.29) is 11.9 Å². The monoisotopic (exact) mass is 375 g/mol. The minimum absolute atomic E-state index is 0.174. The highest BCUT2D eigenvalue weighted by Gasteiger charge is 2.21. The van der Waals surface area contributed by atoms with Crippen LogP contribution in [0.3, 0.4) is 0 Å². The fourth-order valence-electron chi connectivity index (χ4n) is 2.70. The largest absolute Gasteiger partial charge is 0.368 e. The molecule has 28 heavy (non-hydrogen) atoms. The van der Waals surface area contributed by atoms with Crippen molar-refractivity contribution in [1.29, 1.82) is 0 Å². The number of rotatable bonds is 6. The second-order valence-electron chi connectivity index (χ2n) is 6.82. The van der Waals surface area contributed by atoms with Crippen LogP contribution in [0.2, 0.25) is 0 Å². The van der Waals surface area contributed by atoms with E-state index in [2.05, 4.69) is 30.6 Å². The van der Waals surface area contributed by atoms with Crippen molar-refractivity contribution in [3.8, 4) is 11.3 Å². The van der Waals surface area contributed by atoms with E-state index in [9.17, 15) is 4.79 Å². The number of amides is 1. The van der Waals surface area contributed by atoms with E-state index in [0.29, 0.717) is 23.8 Å². The first-order valence-electron chi connectivity index (χ1n) is 9.14. The van der Waals surface area contributed by atoms with Gasteiger partial charge in [0.1, 0.15) is 5.82 Å². The van der Waals surface area contributed by atoms with Crippen LogP contribution in [0.5, 0.6) is 0 Å². The van der Waals surface area contributed by atoms with Crippen LogP contribution in [0.1, 0.15) is 34.6 Å². The molecule has 8 heteroatoms. The van der Waals surface area contributed by atoms with Crippen LogP contribution in [-0.4, -0.2) is 31.9 Å². The van der Waals surface area contributed by atoms with Gasteiger partial charge in [0.2, 0.25) is 5.95 Å². The summed E-state index contributed by atoms with van der Waals surface area (Å²) in [5.74, 6) is 0.778. The summed E-state index contributed by atoms with van der Waals surface area (Å²) in [6, 6.07) is 9.58. The molecule has 1 aromatic carbocycles. The van der Waals surface area contributed by atoms with Gasteiger partial charge in [0.25, 0.3) is 5.91 Å². The second kappa shape index (κ2) is 7.59. The first kappa shape index (κ1) is 17.8. The number of anilines is 2. The van der Waals surface area contributed by atoms with Gasteiger partial charge in [0.15, 0.2) is 0 Å². The molecule has 0 aliphatic heterocycles. The number of benzene rings is 1. The number of aromatic nitrogens is 4. The molecule has 4 rings (SSSR count). The number of hydrogen-bond donors (Lipinski definition) is 3. The first-order valence-corrected chi connectivity index (χ1v) is 9.14. The quantitative estimate of drug-likeness (QED) is 0.605. The van der Waals surface area contributed by atoms with Gasteiger partial charge in [0, 0.05) is 29.4 Å². The Morgan fingerprint density at radius 2 is 1.93 bits per heavy atom. The first-order chi connectivity index (χ1) is 13.6. The summed E-state index contributed by atoms with van der Waals surface area (Å²) in [7, 11) is 0. The molecule has 1 aliphatic rings. The number of nitrogens with zero attached hydrogens (tertiary/aromatic N) is 4. The molecule has 1 saturated carbocycles. The number of nitrogen functional groups attached to an aromatic ring is 1. The van der Waals surface area contributed by atoms with Crippen molar-refractivity contribution < 1.29 is 4.79 Å². The third-order valence-electron chi connectivity index (χ3n) is 4.38. The summed E-state index contributed by atoms with van der Waals surface area (Å²) in [4.78, 5) is 29.3. The summed E-state index contributed by atoms with van der Waals surface area (Å²) in [5.41, 5.74) is 9.53. The summed E-state index contributed by atoms with van der Waals surface area (Å²) < 4.78 is 0. The smallest absolute Gasteiger partial charge is 0.251 e. The van der Waals surface area contributed by atoms with E-state index in [1.807, 2.05) is 25.1 Å². The van der Waals surface area contributed by atoms with Crippen molar-refractivity contribution in [3.05, 3.63) is 59.7 Å². The highest BCUT2D eigenvalue weighted by molar-refractivity contribution is 5.94. The predicted octanol–water partition coefficient (Wildman–Crippen LogP) is 2.33. The third kappa shape index (κ3) is 4.40. The average molecular weight is 375 g/mol. The number of hydrogen-bond acceptors (Lipinski definition) is 7. The van der Waals surface area contributed by atoms with E-state index in [0.717, 1.165) is 35.6 Å². The zero-order chi connectivity index (χ0) is 19.5. The Balaban J connectivity index is 1.43. The molecule has 142 valence electrons. The van der Waals surface area contributed by atoms with E-state index in [1.165, 1.54) is 0 Å². The number of carbonyl (C=O) groups is 1. The normalized spacial score (nSPS) is 13.2. The summed E-state index contributed by atoms with van der Waals surface area (Å²) in [6.45, 7) is 2.19. The minimum Gasteiger partial charge on any atom is -0.368 e. The lowest BCUT2D eigenvalue weighted by molar-refractivity contribution is 0.0950. The molecule has 0 spiro atoms. The van der Waals surface area contributed by atoms with E-state index in [4.69, 9.17) is 5.73 Å². The van der Waals surface area contributed by atoms with Crippen LogP contribution in [-0.2, 0) is 6.54 Å². The van der Waals surface area contributed by atoms with Gasteiger partial charge in [-0.05, 0) is 31.9 Å². The van der Waals surface area contributed by atoms with Crippen LogP contribution in [0.25, 0.3) is 11.3 Å². The van der Waals surface area contributed by atoms with E-state index < -0.39 is 0 Å². The average Bonchev–Trinajstić information content (AvgIpc) is 3.51. The summed E-state index contributed by atoms with van der Waals surface area (Å²) in [5, 5.41) is 6.17. The van der Waals surface area contributed by atoms with Crippen LogP contribution in [0.4, 0.5) is 11.8 Å². The predicted molar refractivity (Wildman–Crippen MR) is 106 cm³/mol. The second-order valence-corrected chi connectivity index (χ2v) is 6.82. The molecule has 0 atom stereocenters. The van der Waals surface area contributed by atoms with Gasteiger partial charge in [0.05, 0.1) is 29.8 Å². The fourth-order valence-corrected chi connectivity index (χ4v) is 2.70. The summed E-state index contributed by atoms with van der Waals surface area (Å²) in [6.07, 6.45) is 5.63. The van der Waals surface area contributed by atoms with Crippen molar-refractivity contribution in [2.24, 2.45) is 0 Å². The molecule has 1 fully saturated rings. The summed E-state index contributed by atoms with van der Waals surface area (Å²) >= 11 is 0. The van der Waals surface area contributed by atoms with Gasteiger partial charge in [-0.25, -0.2) is 4.98 Å². The van der Waals surface area contributed by atoms with Crippen molar-refractivity contribution in [1.82, 2.24) is 25.3 Å². The number of carbonyl (C=O) groups excluding carboxylic acids is 1. The fraction of sp³-hybridized carbons (Fsp3) is 0.250. The molecule has 0 unspecified atom stereocenters. The number of aryl methyl sites for hydroxylation is 1. The molecule has 2 heterocycles. The standard InChI is InChI=1S/C20H21N7O/c1-12-9-23-16(10-22-12)11-24-19(28)14-4-2-13(3-5-14)17-8-18(25-15-6-7-15)27-20(21)26-17/h2-5,8-10,15H,6-7,11H2,1H3,(H,24,28)(H3,21,25,26,27). The topological polar surface area (TPSA) is 119 Å². The molecule has 1 amide bonds. The van der Waals surface area contributed by atoms with Crippen LogP contribution < -0.4 is 16.4 Å². The van der Waals surface area contributed by atoms with Crippen LogP contribution >= 0.6 is 0 Å². The maximum absolute atomic E-state index is 12.4. The molecule has 0 bridgehead atoms. The van der Waals surface area contributed by atoms with E-state index in [1.54, 1.807) is 24.5 Å². The Morgan fingerprint density at radius 1 is 1.14 bits per heavy atom. The van der Waals surface area contributed by atoms with Crippen molar-refractivity contribution in [3.63, 3.8) is 0 Å². The molecule has 1 aliphatic carbocycles. The molecule has 4 N–H and O–H groups in total. The lowest BCUT2D eigenvalue weighted by Gasteiger charge is -2.09. The number of nitrogens with one attached hydrogen (secondary N) is 2. The van der Waals surface area contributed by atoms with Crippen LogP contribution in [0.15, 0.2) is 42.7 Å². The Labute approximate surface area is 162 Å². The van der Waals surface area contributed by atoms with Crippen molar-refractivity contribution >= 4 is 17.7 Å². The minimum atomic E-state index is -0.174. The van der Waals surface area contributed by atoms with Crippen molar-refractivity contribution in [2.75, 3.05) is 11.1 Å². The molecule has 0 radical (unpaired) electrons. The lowest BCUT2D eigenvalue weighted by Crippen LogP contribution is -2.23. The zero-order valence-electron chi connectivity index (χ0n) is 15.5. The van der Waals surface area contributed by atoms with E-state index >= 15 is 0 Å². The lowest BCUT2D eigenvalue weighted by atomic mass is 10.1. The molecular weight excluding hydrogens is 354 g/mol. The Kier molecular flexibility index (Phi) is 4.84. The molecule has 0 saturated heterocycles. The highest BCUT2D eigenvalue weighted by atomic mass is 16.1. The Morgan fingerprint density at radius 3 is 2.61 bits per heavy atom. The van der Waals surface area contributed by atoms with Crippen LogP contribution in [0, 0.1) is 6.92 Å². The van der Waals surface area contributed by atoms with Gasteiger partial charge in [-0.1, -0.05) is 12.1 Å². The zero-order valence-corrected chi connectivity index (χ0v) is 15.5. The van der Waals surface area contributed by atoms with Gasteiger partial charge in [-0.15, -0.1) is 0 Å². The Bertz CT molecular complexity index is 982. The van der Waals surface area contributed by atoms with Gasteiger partial charge < -0.3 is 16.4 Å². The maximum Gasteiger partial charge on any atom is 0.251 e. The highest BCUT2D eigenvalue weighted by Crippen LogP contribution is 2.26. The molecule has 2 aromatic heterocycles. The van der Waals surface area contributed by atoms with Gasteiger partial charge >= 0.3 is 0 Å². The maximum atomic E-state index is 12.4. The number of nitrogens with two attached hydrogens (primary N) is 1. The molecule has 8 nitrogen and oxygen atoms in total. The van der Waals surface area contributed by atoms with Crippen molar-refractivity contribution in [2.45, 2.75) is 32.4 Å². The molecular formula is C20H21N7O. The Hall–Kier alpha value is -3.55. The van der Waals surface area contributed by atoms with Gasteiger partial charge in [-0.3, -0.25) is 14.8 Å². The molecule has 3 aromatic rings. The SMILES string of the molecule is Cc1cnc(CNC(=O)c2ccc(-c3cc(NC4CC4)nc(N)n3)cc2)cn1. The van der Waals surface area contributed by atoms with Gasteiger partial charge in [-0.2, -0.15) is 4.98 Å².